The summed E-state index contributed by atoms with van der Waals surface area (Å²) in [6.07, 6.45) is 4.71. The lowest BCUT2D eigenvalue weighted by Crippen LogP contribution is -1.97. The zero-order chi connectivity index (χ0) is 14.8. The first kappa shape index (κ1) is 16.1. The van der Waals surface area contributed by atoms with E-state index in [1.54, 1.807) is 23.1 Å². The first-order chi connectivity index (χ1) is 10.2. The lowest BCUT2D eigenvalue weighted by molar-refractivity contribution is 0.582. The summed E-state index contributed by atoms with van der Waals surface area (Å²) >= 11 is 0. The number of pyridine rings is 1. The Hall–Kier alpha value is -2.31. The number of halogens is 3. The lowest BCUT2D eigenvalue weighted by Gasteiger charge is -2.02. The molecule has 0 saturated carbocycles. The third kappa shape index (κ3) is 3.29. The Morgan fingerprint density at radius 1 is 1.05 bits per heavy atom. The molecule has 0 spiro atoms. The molecule has 4 nitrogen and oxygen atoms in total. The maximum atomic E-state index is 13.5. The number of hydrogen-bond acceptors (Lipinski definition) is 3. The molecule has 0 amide bonds. The average Bonchev–Trinajstić information content (AvgIpc) is 2.97. The van der Waals surface area contributed by atoms with Gasteiger partial charge in [0.25, 0.3) is 0 Å². The molecule has 2 N–H and O–H groups in total. The van der Waals surface area contributed by atoms with Crippen molar-refractivity contribution in [1.82, 2.24) is 14.8 Å². The molecule has 0 unspecified atom stereocenters. The van der Waals surface area contributed by atoms with Crippen molar-refractivity contribution in [2.75, 3.05) is 0 Å². The van der Waals surface area contributed by atoms with Crippen LogP contribution in [0.1, 0.15) is 5.56 Å². The Morgan fingerprint density at radius 2 is 1.86 bits per heavy atom. The number of aromatic nitrogens is 3. The molecule has 0 radical (unpaired) electrons. The number of hydrogen-bond donors (Lipinski definition) is 1. The summed E-state index contributed by atoms with van der Waals surface area (Å²) in [5, 5.41) is 4.18. The monoisotopic (exact) mass is 322 g/mol. The molecule has 3 aromatic rings. The largest absolute Gasteiger partial charge is 0.326 e. The van der Waals surface area contributed by atoms with Gasteiger partial charge in [0.1, 0.15) is 5.82 Å². The molecular formula is C15H13ClF2N4. The van der Waals surface area contributed by atoms with Crippen LogP contribution >= 0.6 is 12.4 Å². The molecule has 0 aliphatic carbocycles. The highest BCUT2D eigenvalue weighted by molar-refractivity contribution is 5.85. The van der Waals surface area contributed by atoms with E-state index >= 15 is 0 Å². The standard InChI is InChI=1S/C15H12F2N4.ClH/c16-13-4-10(6-18)3-11(5-13)12-7-20-21(9-12)14-1-2-15(17)19-8-14;/h1-5,7-9H,6,18H2;1H. The molecular weight excluding hydrogens is 310 g/mol. The van der Waals surface area contributed by atoms with Gasteiger partial charge in [0.05, 0.1) is 18.1 Å². The van der Waals surface area contributed by atoms with Crippen LogP contribution in [0.15, 0.2) is 48.9 Å². The first-order valence-electron chi connectivity index (χ1n) is 6.32. The Bertz CT molecular complexity index is 771. The molecule has 0 saturated heterocycles. The quantitative estimate of drug-likeness (QED) is 0.754. The van der Waals surface area contributed by atoms with Crippen LogP contribution in [0.4, 0.5) is 8.78 Å². The van der Waals surface area contributed by atoms with Crippen LogP contribution in [0.3, 0.4) is 0 Å². The Balaban J connectivity index is 0.00000176. The maximum absolute atomic E-state index is 13.5. The van der Waals surface area contributed by atoms with Crippen LogP contribution in [-0.2, 0) is 6.54 Å². The van der Waals surface area contributed by atoms with E-state index in [4.69, 9.17) is 5.73 Å². The lowest BCUT2D eigenvalue weighted by atomic mass is 10.1. The van der Waals surface area contributed by atoms with Gasteiger partial charge in [-0.15, -0.1) is 12.4 Å². The maximum Gasteiger partial charge on any atom is 0.212 e. The summed E-state index contributed by atoms with van der Waals surface area (Å²) in [6, 6.07) is 7.45. The van der Waals surface area contributed by atoms with Gasteiger partial charge in [0.2, 0.25) is 5.95 Å². The zero-order valence-corrected chi connectivity index (χ0v) is 12.2. The van der Waals surface area contributed by atoms with Gasteiger partial charge in [-0.1, -0.05) is 0 Å². The van der Waals surface area contributed by atoms with E-state index in [-0.39, 0.29) is 24.8 Å². The highest BCUT2D eigenvalue weighted by Crippen LogP contribution is 2.22. The Morgan fingerprint density at radius 3 is 2.55 bits per heavy atom. The van der Waals surface area contributed by atoms with Gasteiger partial charge >= 0.3 is 0 Å². The van der Waals surface area contributed by atoms with Crippen molar-refractivity contribution in [3.05, 3.63) is 66.3 Å². The predicted octanol–water partition coefficient (Wildman–Crippen LogP) is 3.09. The third-order valence-corrected chi connectivity index (χ3v) is 3.09. The molecule has 0 aliphatic rings. The van der Waals surface area contributed by atoms with Crippen molar-refractivity contribution in [2.45, 2.75) is 6.54 Å². The van der Waals surface area contributed by atoms with Crippen molar-refractivity contribution in [2.24, 2.45) is 5.73 Å². The Labute approximate surface area is 132 Å². The number of nitrogens with zero attached hydrogens (tertiary/aromatic N) is 3. The fraction of sp³-hybridized carbons (Fsp3) is 0.0667. The smallest absolute Gasteiger partial charge is 0.212 e. The summed E-state index contributed by atoms with van der Waals surface area (Å²) in [7, 11) is 0. The molecule has 114 valence electrons. The van der Waals surface area contributed by atoms with Gasteiger partial charge < -0.3 is 5.73 Å². The fourth-order valence-electron chi connectivity index (χ4n) is 2.05. The minimum Gasteiger partial charge on any atom is -0.326 e. The van der Waals surface area contributed by atoms with Crippen LogP contribution in [0.2, 0.25) is 0 Å². The van der Waals surface area contributed by atoms with Crippen LogP contribution in [0.25, 0.3) is 16.8 Å². The molecule has 0 atom stereocenters. The summed E-state index contributed by atoms with van der Waals surface area (Å²) in [6.45, 7) is 0.265. The average molecular weight is 323 g/mol. The van der Waals surface area contributed by atoms with Crippen molar-refractivity contribution < 1.29 is 8.78 Å². The van der Waals surface area contributed by atoms with Crippen molar-refractivity contribution >= 4 is 12.4 Å². The van der Waals surface area contributed by atoms with Crippen molar-refractivity contribution in [1.29, 1.82) is 0 Å². The zero-order valence-electron chi connectivity index (χ0n) is 11.4. The van der Waals surface area contributed by atoms with E-state index < -0.39 is 5.95 Å². The number of rotatable bonds is 3. The first-order valence-corrected chi connectivity index (χ1v) is 6.32. The van der Waals surface area contributed by atoms with E-state index in [2.05, 4.69) is 10.1 Å². The molecule has 0 fully saturated rings. The van der Waals surface area contributed by atoms with Crippen LogP contribution in [0, 0.1) is 11.8 Å². The molecule has 22 heavy (non-hydrogen) atoms. The summed E-state index contributed by atoms with van der Waals surface area (Å²) < 4.78 is 27.9. The predicted molar refractivity (Wildman–Crippen MR) is 81.9 cm³/mol. The van der Waals surface area contributed by atoms with Gasteiger partial charge in [0, 0.05) is 18.3 Å². The number of benzene rings is 1. The normalized spacial score (nSPS) is 10.3. The van der Waals surface area contributed by atoms with E-state index in [0.29, 0.717) is 16.8 Å². The van der Waals surface area contributed by atoms with Gasteiger partial charge in [-0.2, -0.15) is 9.49 Å². The second kappa shape index (κ2) is 6.64. The van der Waals surface area contributed by atoms with Gasteiger partial charge in [0.15, 0.2) is 0 Å². The Kier molecular flexibility index (Phi) is 4.85. The van der Waals surface area contributed by atoms with E-state index in [0.717, 1.165) is 5.56 Å². The summed E-state index contributed by atoms with van der Waals surface area (Å²) in [5.74, 6) is -0.895. The van der Waals surface area contributed by atoms with E-state index in [1.807, 2.05) is 6.07 Å². The van der Waals surface area contributed by atoms with Crippen LogP contribution in [0.5, 0.6) is 0 Å². The fourth-order valence-corrected chi connectivity index (χ4v) is 2.05. The molecule has 3 rings (SSSR count). The van der Waals surface area contributed by atoms with Crippen molar-refractivity contribution in [3.8, 4) is 16.8 Å². The number of nitrogens with two attached hydrogens (primary N) is 1. The third-order valence-electron chi connectivity index (χ3n) is 3.09. The summed E-state index contributed by atoms with van der Waals surface area (Å²) in [4.78, 5) is 3.57. The molecule has 0 bridgehead atoms. The molecule has 2 heterocycles. The molecule has 1 aromatic carbocycles. The highest BCUT2D eigenvalue weighted by Gasteiger charge is 2.07. The molecule has 0 aliphatic heterocycles. The summed E-state index contributed by atoms with van der Waals surface area (Å²) in [5.41, 5.74) is 8.31. The topological polar surface area (TPSA) is 56.7 Å². The van der Waals surface area contributed by atoms with E-state index in [1.165, 1.54) is 24.4 Å². The second-order valence-electron chi connectivity index (χ2n) is 4.56. The van der Waals surface area contributed by atoms with Gasteiger partial charge in [-0.25, -0.2) is 14.1 Å². The van der Waals surface area contributed by atoms with Crippen LogP contribution < -0.4 is 5.73 Å². The second-order valence-corrected chi connectivity index (χ2v) is 4.56. The van der Waals surface area contributed by atoms with Gasteiger partial charge in [-0.3, -0.25) is 0 Å². The molecule has 2 aromatic heterocycles. The minimum absolute atomic E-state index is 0. The van der Waals surface area contributed by atoms with Gasteiger partial charge in [-0.05, 0) is 41.5 Å². The van der Waals surface area contributed by atoms with E-state index in [9.17, 15) is 8.78 Å². The highest BCUT2D eigenvalue weighted by atomic mass is 35.5. The minimum atomic E-state index is -0.552. The molecule has 7 heteroatoms. The SMILES string of the molecule is Cl.NCc1cc(F)cc(-c2cnn(-c3ccc(F)nc3)c2)c1. The van der Waals surface area contributed by atoms with Crippen LogP contribution in [-0.4, -0.2) is 14.8 Å². The van der Waals surface area contributed by atoms with Crippen molar-refractivity contribution in [3.63, 3.8) is 0 Å².